The summed E-state index contributed by atoms with van der Waals surface area (Å²) < 4.78 is 0. The van der Waals surface area contributed by atoms with Crippen molar-refractivity contribution in [3.05, 3.63) is 52.0 Å². The fourth-order valence-corrected chi connectivity index (χ4v) is 3.67. The first kappa shape index (κ1) is 16.9. The molecule has 0 atom stereocenters. The van der Waals surface area contributed by atoms with Crippen LogP contribution in [0.25, 0.3) is 0 Å². The van der Waals surface area contributed by atoms with Gasteiger partial charge in [0.15, 0.2) is 5.96 Å². The molecule has 0 amide bonds. The summed E-state index contributed by atoms with van der Waals surface area (Å²) in [5.74, 6) is 0.546. The van der Waals surface area contributed by atoms with E-state index in [1.807, 2.05) is 12.4 Å². The average molecular weight is 344 g/mol. The molecule has 0 radical (unpaired) electrons. The minimum atomic E-state index is 0.420. The number of nitrogens with two attached hydrogens (primary N) is 1. The molecule has 1 aliphatic heterocycles. The van der Waals surface area contributed by atoms with Gasteiger partial charge in [-0.25, -0.2) is 9.98 Å². The highest BCUT2D eigenvalue weighted by atomic mass is 32.1. The van der Waals surface area contributed by atoms with Crippen molar-refractivity contribution in [2.75, 3.05) is 13.1 Å². The molecule has 3 rings (SSSR count). The number of rotatable bonds is 5. The average Bonchev–Trinajstić information content (AvgIpc) is 3.01. The molecule has 128 valence electrons. The van der Waals surface area contributed by atoms with E-state index < -0.39 is 0 Å². The van der Waals surface area contributed by atoms with Crippen molar-refractivity contribution < 1.29 is 0 Å². The zero-order valence-corrected chi connectivity index (χ0v) is 14.9. The molecule has 3 N–H and O–H groups in total. The Morgan fingerprint density at radius 2 is 2.08 bits per heavy atom. The van der Waals surface area contributed by atoms with Gasteiger partial charge in [0.1, 0.15) is 0 Å². The summed E-state index contributed by atoms with van der Waals surface area (Å²) in [4.78, 5) is 12.4. The molecule has 1 saturated heterocycles. The molecule has 0 unspecified atom stereocenters. The van der Waals surface area contributed by atoms with E-state index in [2.05, 4.69) is 50.5 Å². The third kappa shape index (κ3) is 4.79. The van der Waals surface area contributed by atoms with Gasteiger partial charge in [-0.05, 0) is 25.3 Å². The second-order valence-corrected chi connectivity index (χ2v) is 7.18. The lowest BCUT2D eigenvalue weighted by atomic mass is 10.0. The lowest BCUT2D eigenvalue weighted by Crippen LogP contribution is -2.46. The molecule has 0 aliphatic carbocycles. The van der Waals surface area contributed by atoms with Crippen molar-refractivity contribution in [3.8, 4) is 0 Å². The van der Waals surface area contributed by atoms with Crippen LogP contribution in [0.4, 0.5) is 0 Å². The summed E-state index contributed by atoms with van der Waals surface area (Å²) in [6.45, 7) is 5.83. The maximum atomic E-state index is 6.04. The van der Waals surface area contributed by atoms with Gasteiger partial charge in [0.25, 0.3) is 0 Å². The Hall–Kier alpha value is -1.92. The van der Waals surface area contributed by atoms with Gasteiger partial charge in [-0.2, -0.15) is 0 Å². The number of likely N-dealkylation sites (tertiary alicyclic amines) is 1. The summed E-state index contributed by atoms with van der Waals surface area (Å²) in [6.07, 6.45) is 2.20. The minimum absolute atomic E-state index is 0.420. The van der Waals surface area contributed by atoms with Gasteiger partial charge in [0, 0.05) is 30.6 Å². The predicted octanol–water partition coefficient (Wildman–Crippen LogP) is 2.52. The number of guanidine groups is 1. The van der Waals surface area contributed by atoms with E-state index in [1.165, 1.54) is 10.4 Å². The molecule has 1 aliphatic rings. The van der Waals surface area contributed by atoms with Crippen LogP contribution in [0.5, 0.6) is 0 Å². The van der Waals surface area contributed by atoms with Gasteiger partial charge in [-0.15, -0.1) is 11.3 Å². The van der Waals surface area contributed by atoms with Gasteiger partial charge in [-0.3, -0.25) is 4.90 Å². The van der Waals surface area contributed by atoms with Crippen LogP contribution in [0, 0.1) is 6.92 Å². The summed E-state index contributed by atoms with van der Waals surface area (Å²) in [5.41, 5.74) is 10.3. The highest BCUT2D eigenvalue weighted by Crippen LogP contribution is 2.15. The van der Waals surface area contributed by atoms with E-state index in [1.54, 1.807) is 11.3 Å². The van der Waals surface area contributed by atoms with Crippen LogP contribution in [0.15, 0.2) is 40.8 Å². The topological polar surface area (TPSA) is 66.5 Å². The Morgan fingerprint density at radius 1 is 1.33 bits per heavy atom. The van der Waals surface area contributed by atoms with Crippen molar-refractivity contribution in [1.82, 2.24) is 15.2 Å². The summed E-state index contributed by atoms with van der Waals surface area (Å²) in [7, 11) is 0. The van der Waals surface area contributed by atoms with Gasteiger partial charge >= 0.3 is 0 Å². The van der Waals surface area contributed by atoms with E-state index in [0.29, 0.717) is 18.5 Å². The SMILES string of the molecule is Cc1ncsc1CN=C(N)NC1CCN(Cc2ccccc2)CC1. The molecule has 2 heterocycles. The zero-order chi connectivity index (χ0) is 16.8. The quantitative estimate of drug-likeness (QED) is 0.647. The normalized spacial score (nSPS) is 17.1. The van der Waals surface area contributed by atoms with E-state index in [0.717, 1.165) is 38.2 Å². The Balaban J connectivity index is 1.42. The van der Waals surface area contributed by atoms with E-state index in [4.69, 9.17) is 5.73 Å². The maximum Gasteiger partial charge on any atom is 0.189 e. The fourth-order valence-electron chi connectivity index (χ4n) is 2.97. The van der Waals surface area contributed by atoms with Crippen molar-refractivity contribution in [2.24, 2.45) is 10.7 Å². The number of thiazole rings is 1. The molecule has 0 saturated carbocycles. The molecule has 5 nitrogen and oxygen atoms in total. The minimum Gasteiger partial charge on any atom is -0.370 e. The first-order valence-corrected chi connectivity index (χ1v) is 9.30. The number of nitrogens with zero attached hydrogens (tertiary/aromatic N) is 3. The van der Waals surface area contributed by atoms with Crippen molar-refractivity contribution >= 4 is 17.3 Å². The first-order chi connectivity index (χ1) is 11.7. The smallest absolute Gasteiger partial charge is 0.189 e. The zero-order valence-electron chi connectivity index (χ0n) is 14.1. The molecule has 1 fully saturated rings. The van der Waals surface area contributed by atoms with E-state index >= 15 is 0 Å². The molecule has 1 aromatic heterocycles. The lowest BCUT2D eigenvalue weighted by Gasteiger charge is -2.32. The second-order valence-electron chi connectivity index (χ2n) is 6.24. The molecule has 0 bridgehead atoms. The number of nitrogens with one attached hydrogen (secondary N) is 1. The van der Waals surface area contributed by atoms with E-state index in [-0.39, 0.29) is 0 Å². The molecule has 0 spiro atoms. The third-order valence-corrected chi connectivity index (χ3v) is 5.35. The van der Waals surface area contributed by atoms with Gasteiger partial charge in [-0.1, -0.05) is 30.3 Å². The van der Waals surface area contributed by atoms with Crippen molar-refractivity contribution in [1.29, 1.82) is 0 Å². The molecule has 2 aromatic rings. The number of benzene rings is 1. The molecule has 1 aromatic carbocycles. The van der Waals surface area contributed by atoms with E-state index in [9.17, 15) is 0 Å². The summed E-state index contributed by atoms with van der Waals surface area (Å²) in [6, 6.07) is 11.1. The Morgan fingerprint density at radius 3 is 2.75 bits per heavy atom. The van der Waals surface area contributed by atoms with Crippen LogP contribution in [-0.4, -0.2) is 35.0 Å². The predicted molar refractivity (Wildman–Crippen MR) is 100 cm³/mol. The number of hydrogen-bond donors (Lipinski definition) is 2. The van der Waals surface area contributed by atoms with Gasteiger partial charge < -0.3 is 11.1 Å². The highest BCUT2D eigenvalue weighted by Gasteiger charge is 2.19. The Bertz CT molecular complexity index is 659. The van der Waals surface area contributed by atoms with Crippen LogP contribution >= 0.6 is 11.3 Å². The maximum absolute atomic E-state index is 6.04. The number of aromatic nitrogens is 1. The number of hydrogen-bond acceptors (Lipinski definition) is 4. The van der Waals surface area contributed by atoms with Crippen LogP contribution in [-0.2, 0) is 13.1 Å². The Kier molecular flexibility index (Phi) is 5.82. The van der Waals surface area contributed by atoms with Crippen LogP contribution in [0.1, 0.15) is 29.0 Å². The number of piperidine rings is 1. The number of aliphatic imine (C=N–C) groups is 1. The second kappa shape index (κ2) is 8.26. The Labute approximate surface area is 147 Å². The monoisotopic (exact) mass is 343 g/mol. The third-order valence-electron chi connectivity index (χ3n) is 4.43. The largest absolute Gasteiger partial charge is 0.370 e. The van der Waals surface area contributed by atoms with Crippen LogP contribution in [0.2, 0.25) is 0 Å². The molecule has 6 heteroatoms. The lowest BCUT2D eigenvalue weighted by molar-refractivity contribution is 0.199. The van der Waals surface area contributed by atoms with Crippen LogP contribution in [0.3, 0.4) is 0 Å². The molecule has 24 heavy (non-hydrogen) atoms. The highest BCUT2D eigenvalue weighted by molar-refractivity contribution is 7.09. The van der Waals surface area contributed by atoms with Crippen molar-refractivity contribution in [2.45, 2.75) is 38.9 Å². The van der Waals surface area contributed by atoms with Gasteiger partial charge in [0.05, 0.1) is 17.7 Å². The van der Waals surface area contributed by atoms with Gasteiger partial charge in [0.2, 0.25) is 0 Å². The first-order valence-electron chi connectivity index (χ1n) is 8.42. The molecular formula is C18H25N5S. The molecular weight excluding hydrogens is 318 g/mol. The summed E-state index contributed by atoms with van der Waals surface area (Å²) in [5, 5.41) is 3.37. The number of aryl methyl sites for hydroxylation is 1. The van der Waals surface area contributed by atoms with Crippen LogP contribution < -0.4 is 11.1 Å². The van der Waals surface area contributed by atoms with Crippen molar-refractivity contribution in [3.63, 3.8) is 0 Å². The fraction of sp³-hybridized carbons (Fsp3) is 0.444. The standard InChI is InChI=1S/C18H25N5S/c1-14-17(24-13-21-14)11-20-18(19)22-16-7-9-23(10-8-16)12-15-5-3-2-4-6-15/h2-6,13,16H,7-12H2,1H3,(H3,19,20,22). The summed E-state index contributed by atoms with van der Waals surface area (Å²) >= 11 is 1.63.